The summed E-state index contributed by atoms with van der Waals surface area (Å²) in [5, 5.41) is 11.8. The molecule has 6 heteroatoms. The molecule has 4 N–H and O–H groups in total. The van der Waals surface area contributed by atoms with Crippen LogP contribution in [-0.4, -0.2) is 46.6 Å². The van der Waals surface area contributed by atoms with Crippen molar-refractivity contribution in [3.05, 3.63) is 29.8 Å². The lowest BCUT2D eigenvalue weighted by atomic mass is 10.1. The molecule has 1 rings (SSSR count). The van der Waals surface area contributed by atoms with E-state index in [4.69, 9.17) is 23.1 Å². The Morgan fingerprint density at radius 3 is 2.70 bits per heavy atom. The molecule has 0 saturated heterocycles. The summed E-state index contributed by atoms with van der Waals surface area (Å²) in [5.41, 5.74) is 6.89. The molecule has 0 saturated carbocycles. The number of carbonyl (C=O) groups is 1. The molecule has 0 aliphatic carbocycles. The molecule has 1 aromatic carbocycles. The van der Waals surface area contributed by atoms with Crippen LogP contribution < -0.4 is 11.1 Å². The number of amides is 1. The van der Waals surface area contributed by atoms with Crippen molar-refractivity contribution >= 4 is 28.8 Å². The average Bonchev–Trinajstić information content (AvgIpc) is 2.44. The average molecular weight is 295 g/mol. The topological polar surface area (TPSA) is 78.6 Å². The molecule has 0 spiro atoms. The predicted octanol–water partition coefficient (Wildman–Crippen LogP) is 0.962. The summed E-state index contributed by atoms with van der Waals surface area (Å²) in [6.45, 7) is 4.92. The standard InChI is InChI=1S/C14H21N3O2S/c1-3-17(8-9-18)10(2)14(19)16-12-7-5-4-6-11(12)13(15)20/h4-7,10,18H,3,8-9H2,1-2H3,(H2,15,20)(H,16,19). The molecule has 1 amide bonds. The van der Waals surface area contributed by atoms with Gasteiger partial charge in [-0.25, -0.2) is 0 Å². The molecule has 1 unspecified atom stereocenters. The summed E-state index contributed by atoms with van der Waals surface area (Å²) in [7, 11) is 0. The molecule has 0 heterocycles. The van der Waals surface area contributed by atoms with Gasteiger partial charge in [0.05, 0.1) is 18.3 Å². The van der Waals surface area contributed by atoms with Crippen LogP contribution in [0.15, 0.2) is 24.3 Å². The number of para-hydroxylation sites is 1. The molecular formula is C14H21N3O2S. The number of nitrogens with two attached hydrogens (primary N) is 1. The third-order valence-electron chi connectivity index (χ3n) is 3.17. The van der Waals surface area contributed by atoms with Gasteiger partial charge in [-0.1, -0.05) is 31.3 Å². The zero-order chi connectivity index (χ0) is 15.1. The van der Waals surface area contributed by atoms with Crippen LogP contribution in [0.5, 0.6) is 0 Å². The van der Waals surface area contributed by atoms with Gasteiger partial charge in [0.25, 0.3) is 0 Å². The zero-order valence-electron chi connectivity index (χ0n) is 11.8. The Bertz CT molecular complexity index is 479. The van der Waals surface area contributed by atoms with E-state index in [0.717, 1.165) is 0 Å². The number of hydrogen-bond acceptors (Lipinski definition) is 4. The number of aliphatic hydroxyl groups excluding tert-OH is 1. The van der Waals surface area contributed by atoms with Crippen LogP contribution in [-0.2, 0) is 4.79 Å². The van der Waals surface area contributed by atoms with Gasteiger partial charge in [-0.3, -0.25) is 9.69 Å². The lowest BCUT2D eigenvalue weighted by Gasteiger charge is -2.26. The first-order valence-electron chi connectivity index (χ1n) is 6.55. The maximum atomic E-state index is 12.2. The minimum absolute atomic E-state index is 0.0228. The molecule has 0 aliphatic heterocycles. The number of hydrogen-bond donors (Lipinski definition) is 3. The van der Waals surface area contributed by atoms with E-state index >= 15 is 0 Å². The molecule has 0 fully saturated rings. The summed E-state index contributed by atoms with van der Waals surface area (Å²) in [5.74, 6) is -0.149. The van der Waals surface area contributed by atoms with Gasteiger partial charge in [0.15, 0.2) is 0 Å². The number of carbonyl (C=O) groups excluding carboxylic acids is 1. The summed E-state index contributed by atoms with van der Waals surface area (Å²) >= 11 is 4.97. The van der Waals surface area contributed by atoms with Gasteiger partial charge in [0.2, 0.25) is 5.91 Å². The molecular weight excluding hydrogens is 274 g/mol. The van der Waals surface area contributed by atoms with Crippen LogP contribution in [0, 0.1) is 0 Å². The van der Waals surface area contributed by atoms with Crippen molar-refractivity contribution in [1.29, 1.82) is 0 Å². The Kier molecular flexibility index (Phi) is 6.57. The maximum absolute atomic E-state index is 12.2. The van der Waals surface area contributed by atoms with Gasteiger partial charge in [0.1, 0.15) is 4.99 Å². The van der Waals surface area contributed by atoms with E-state index in [1.807, 2.05) is 24.0 Å². The Morgan fingerprint density at radius 1 is 1.50 bits per heavy atom. The molecule has 0 radical (unpaired) electrons. The highest BCUT2D eigenvalue weighted by molar-refractivity contribution is 7.80. The number of anilines is 1. The monoisotopic (exact) mass is 295 g/mol. The van der Waals surface area contributed by atoms with Crippen LogP contribution in [0.25, 0.3) is 0 Å². The largest absolute Gasteiger partial charge is 0.395 e. The lowest BCUT2D eigenvalue weighted by molar-refractivity contribution is -0.120. The second-order valence-electron chi connectivity index (χ2n) is 4.43. The Morgan fingerprint density at radius 2 is 2.15 bits per heavy atom. The third-order valence-corrected chi connectivity index (χ3v) is 3.39. The fourth-order valence-electron chi connectivity index (χ4n) is 1.96. The van der Waals surface area contributed by atoms with E-state index < -0.39 is 0 Å². The first-order chi connectivity index (χ1) is 9.51. The van der Waals surface area contributed by atoms with Crippen LogP contribution in [0.1, 0.15) is 19.4 Å². The van der Waals surface area contributed by atoms with Gasteiger partial charge in [-0.2, -0.15) is 0 Å². The van der Waals surface area contributed by atoms with Crippen LogP contribution in [0.3, 0.4) is 0 Å². The smallest absolute Gasteiger partial charge is 0.241 e. The van der Waals surface area contributed by atoms with Crippen molar-refractivity contribution in [2.24, 2.45) is 5.73 Å². The lowest BCUT2D eigenvalue weighted by Crippen LogP contribution is -2.43. The van der Waals surface area contributed by atoms with Gasteiger partial charge < -0.3 is 16.2 Å². The molecule has 20 heavy (non-hydrogen) atoms. The number of benzene rings is 1. The van der Waals surface area contributed by atoms with E-state index in [2.05, 4.69) is 5.32 Å². The number of nitrogens with one attached hydrogen (secondary N) is 1. The van der Waals surface area contributed by atoms with Crippen molar-refractivity contribution in [1.82, 2.24) is 4.90 Å². The summed E-state index contributed by atoms with van der Waals surface area (Å²) < 4.78 is 0. The quantitative estimate of drug-likeness (QED) is 0.653. The van der Waals surface area contributed by atoms with Gasteiger partial charge in [-0.05, 0) is 25.6 Å². The van der Waals surface area contributed by atoms with Gasteiger partial charge in [0, 0.05) is 12.1 Å². The first kappa shape index (κ1) is 16.6. The fourth-order valence-corrected chi connectivity index (χ4v) is 2.14. The fraction of sp³-hybridized carbons (Fsp3) is 0.429. The van der Waals surface area contributed by atoms with Crippen LogP contribution in [0.4, 0.5) is 5.69 Å². The minimum atomic E-state index is -0.341. The molecule has 0 aliphatic rings. The summed E-state index contributed by atoms with van der Waals surface area (Å²) in [6, 6.07) is 6.83. The van der Waals surface area contributed by atoms with Crippen LogP contribution in [0.2, 0.25) is 0 Å². The van der Waals surface area contributed by atoms with Crippen molar-refractivity contribution in [2.75, 3.05) is 25.0 Å². The SMILES string of the molecule is CCN(CCO)C(C)C(=O)Nc1ccccc1C(N)=S. The van der Waals surface area contributed by atoms with E-state index in [1.165, 1.54) is 0 Å². The minimum Gasteiger partial charge on any atom is -0.395 e. The Balaban J connectivity index is 2.82. The second kappa shape index (κ2) is 7.94. The number of thiocarbonyl (C=S) groups is 1. The highest BCUT2D eigenvalue weighted by atomic mass is 32.1. The highest BCUT2D eigenvalue weighted by Gasteiger charge is 2.20. The maximum Gasteiger partial charge on any atom is 0.241 e. The second-order valence-corrected chi connectivity index (χ2v) is 4.87. The van der Waals surface area contributed by atoms with Crippen molar-refractivity contribution < 1.29 is 9.90 Å². The Hall–Kier alpha value is -1.50. The summed E-state index contributed by atoms with van der Waals surface area (Å²) in [6.07, 6.45) is 0. The van der Waals surface area contributed by atoms with Crippen molar-refractivity contribution in [3.63, 3.8) is 0 Å². The molecule has 0 bridgehead atoms. The summed E-state index contributed by atoms with van der Waals surface area (Å²) in [4.78, 5) is 14.4. The van der Waals surface area contributed by atoms with E-state index in [9.17, 15) is 4.79 Å². The molecule has 5 nitrogen and oxygen atoms in total. The van der Waals surface area contributed by atoms with Gasteiger partial charge in [-0.15, -0.1) is 0 Å². The zero-order valence-corrected chi connectivity index (χ0v) is 12.6. The van der Waals surface area contributed by atoms with Gasteiger partial charge >= 0.3 is 0 Å². The molecule has 0 aromatic heterocycles. The number of rotatable bonds is 7. The predicted molar refractivity (Wildman–Crippen MR) is 84.8 cm³/mol. The molecule has 110 valence electrons. The number of aliphatic hydroxyl groups is 1. The highest BCUT2D eigenvalue weighted by Crippen LogP contribution is 2.15. The number of nitrogens with zero attached hydrogens (tertiary/aromatic N) is 1. The number of likely N-dealkylation sites (N-methyl/N-ethyl adjacent to an activating group) is 1. The van der Waals surface area contributed by atoms with E-state index in [-0.39, 0.29) is 23.5 Å². The van der Waals surface area contributed by atoms with Crippen molar-refractivity contribution in [3.8, 4) is 0 Å². The van der Waals surface area contributed by atoms with Crippen molar-refractivity contribution in [2.45, 2.75) is 19.9 Å². The molecule has 1 atom stereocenters. The molecule has 1 aromatic rings. The third kappa shape index (κ3) is 4.26. The first-order valence-corrected chi connectivity index (χ1v) is 6.96. The Labute approximate surface area is 124 Å². The normalized spacial score (nSPS) is 12.2. The van der Waals surface area contributed by atoms with Crippen LogP contribution >= 0.6 is 12.2 Å². The van der Waals surface area contributed by atoms with E-state index in [1.54, 1.807) is 19.1 Å². The van der Waals surface area contributed by atoms with E-state index in [0.29, 0.717) is 24.3 Å².